The lowest BCUT2D eigenvalue weighted by Gasteiger charge is -2.37. The summed E-state index contributed by atoms with van der Waals surface area (Å²) in [5.74, 6) is -1.57. The van der Waals surface area contributed by atoms with Crippen molar-refractivity contribution in [1.29, 1.82) is 0 Å². The zero-order valence-corrected chi connectivity index (χ0v) is 11.5. The first-order valence-electron chi connectivity index (χ1n) is 6.54. The summed E-state index contributed by atoms with van der Waals surface area (Å²) in [6.07, 6.45) is -2.36. The second-order valence-electron chi connectivity index (χ2n) is 6.34. The van der Waals surface area contributed by atoms with Crippen molar-refractivity contribution in [3.05, 3.63) is 0 Å². The lowest BCUT2D eigenvalue weighted by Crippen LogP contribution is -2.56. The number of hydrogen-bond acceptors (Lipinski definition) is 7. The number of fused-ring (bicyclic) bond motifs is 4. The van der Waals surface area contributed by atoms with E-state index in [9.17, 15) is 14.4 Å². The summed E-state index contributed by atoms with van der Waals surface area (Å²) in [6, 6.07) is 0. The molecule has 2 heterocycles. The Kier molecular flexibility index (Phi) is 2.71. The molecule has 3 rings (SSSR count). The van der Waals surface area contributed by atoms with Gasteiger partial charge in [0.15, 0.2) is 12.2 Å². The highest BCUT2D eigenvalue weighted by Gasteiger charge is 2.70. The number of ether oxygens (including phenoxy) is 4. The molecule has 0 radical (unpaired) electrons. The number of esters is 2. The third-order valence-electron chi connectivity index (χ3n) is 3.90. The van der Waals surface area contributed by atoms with Crippen molar-refractivity contribution >= 4 is 18.1 Å². The van der Waals surface area contributed by atoms with Gasteiger partial charge in [0.25, 0.3) is 0 Å². The normalized spacial score (nSPS) is 38.0. The van der Waals surface area contributed by atoms with Crippen LogP contribution in [0.2, 0.25) is 0 Å². The van der Waals surface area contributed by atoms with Crippen LogP contribution in [0.15, 0.2) is 0 Å². The average Bonchev–Trinajstić information content (AvgIpc) is 2.77. The van der Waals surface area contributed by atoms with Gasteiger partial charge in [-0.3, -0.25) is 9.59 Å². The molecule has 0 amide bonds. The molecule has 1 aliphatic carbocycles. The van der Waals surface area contributed by atoms with Crippen LogP contribution in [0.3, 0.4) is 0 Å². The predicted molar refractivity (Wildman–Crippen MR) is 62.4 cm³/mol. The van der Waals surface area contributed by atoms with Crippen LogP contribution in [0.1, 0.15) is 20.8 Å². The van der Waals surface area contributed by atoms with Gasteiger partial charge < -0.3 is 18.9 Å². The molecule has 2 saturated heterocycles. The van der Waals surface area contributed by atoms with E-state index in [1.54, 1.807) is 20.8 Å². The number of hydrogen-bond donors (Lipinski definition) is 0. The Labute approximate surface area is 115 Å². The molecule has 20 heavy (non-hydrogen) atoms. The predicted octanol–water partition coefficient (Wildman–Crippen LogP) is 0.651. The second-order valence-corrected chi connectivity index (χ2v) is 6.34. The molecule has 0 aromatic carbocycles. The van der Waals surface area contributed by atoms with Crippen LogP contribution in [0, 0.1) is 17.3 Å². The summed E-state index contributed by atoms with van der Waals surface area (Å²) < 4.78 is 20.3. The monoisotopic (exact) mass is 284 g/mol. The van der Waals surface area contributed by atoms with Crippen LogP contribution in [0.4, 0.5) is 4.79 Å². The maximum absolute atomic E-state index is 11.7. The highest BCUT2D eigenvalue weighted by Crippen LogP contribution is 2.50. The van der Waals surface area contributed by atoms with Crippen LogP contribution >= 0.6 is 0 Å². The van der Waals surface area contributed by atoms with Crippen LogP contribution in [0.25, 0.3) is 0 Å². The van der Waals surface area contributed by atoms with Crippen LogP contribution in [-0.2, 0) is 28.5 Å². The molecule has 110 valence electrons. The minimum atomic E-state index is -0.757. The topological polar surface area (TPSA) is 88.1 Å². The lowest BCUT2D eigenvalue weighted by molar-refractivity contribution is -0.160. The van der Waals surface area contributed by atoms with Crippen molar-refractivity contribution in [2.75, 3.05) is 6.61 Å². The van der Waals surface area contributed by atoms with Crippen LogP contribution in [0.5, 0.6) is 0 Å². The Morgan fingerprint density at radius 1 is 1.15 bits per heavy atom. The van der Waals surface area contributed by atoms with Crippen molar-refractivity contribution in [1.82, 2.24) is 0 Å². The third kappa shape index (κ3) is 1.83. The molecule has 0 aromatic heterocycles. The summed E-state index contributed by atoms with van der Waals surface area (Å²) in [6.45, 7) is 5.20. The largest absolute Gasteiger partial charge is 0.509 e. The Morgan fingerprint density at radius 2 is 1.80 bits per heavy atom. The van der Waals surface area contributed by atoms with Crippen molar-refractivity contribution in [3.63, 3.8) is 0 Å². The van der Waals surface area contributed by atoms with E-state index in [1.807, 2.05) is 0 Å². The summed E-state index contributed by atoms with van der Waals surface area (Å²) in [5.41, 5.74) is -0.618. The second kappa shape index (κ2) is 4.10. The minimum absolute atomic E-state index is 0.0240. The minimum Gasteiger partial charge on any atom is -0.461 e. The van der Waals surface area contributed by atoms with Crippen molar-refractivity contribution in [2.24, 2.45) is 17.3 Å². The van der Waals surface area contributed by atoms with E-state index < -0.39 is 41.8 Å². The molecule has 1 saturated carbocycles. The number of carbonyl (C=O) groups is 3. The molecule has 3 aliphatic rings. The van der Waals surface area contributed by atoms with Crippen LogP contribution in [-0.4, -0.2) is 43.0 Å². The first-order valence-corrected chi connectivity index (χ1v) is 6.54. The molecular formula is C13H16O7. The highest BCUT2D eigenvalue weighted by molar-refractivity contribution is 5.80. The van der Waals surface area contributed by atoms with Crippen molar-refractivity contribution in [2.45, 2.75) is 39.1 Å². The van der Waals surface area contributed by atoms with Gasteiger partial charge in [0.1, 0.15) is 18.6 Å². The molecule has 0 unspecified atom stereocenters. The van der Waals surface area contributed by atoms with Gasteiger partial charge in [-0.2, -0.15) is 0 Å². The van der Waals surface area contributed by atoms with Crippen molar-refractivity contribution < 1.29 is 33.3 Å². The molecule has 0 spiro atoms. The van der Waals surface area contributed by atoms with E-state index in [-0.39, 0.29) is 18.5 Å². The fourth-order valence-corrected chi connectivity index (χ4v) is 2.80. The summed E-state index contributed by atoms with van der Waals surface area (Å²) in [7, 11) is 0. The van der Waals surface area contributed by atoms with E-state index in [1.165, 1.54) is 0 Å². The van der Waals surface area contributed by atoms with Gasteiger partial charge in [0, 0.05) is 0 Å². The van der Waals surface area contributed by atoms with Gasteiger partial charge in [0.2, 0.25) is 0 Å². The maximum Gasteiger partial charge on any atom is 0.509 e. The van der Waals surface area contributed by atoms with E-state index in [0.717, 1.165) is 0 Å². The quantitative estimate of drug-likeness (QED) is 0.543. The van der Waals surface area contributed by atoms with Crippen molar-refractivity contribution in [3.8, 4) is 0 Å². The first kappa shape index (κ1) is 13.2. The zero-order valence-electron chi connectivity index (χ0n) is 11.5. The lowest BCUT2D eigenvalue weighted by atomic mass is 9.67. The first-order chi connectivity index (χ1) is 9.29. The Morgan fingerprint density at radius 3 is 2.45 bits per heavy atom. The molecular weight excluding hydrogens is 268 g/mol. The molecule has 0 aromatic rings. The summed E-state index contributed by atoms with van der Waals surface area (Å²) in [4.78, 5) is 34.5. The fraction of sp³-hybridized carbons (Fsp3) is 0.769. The Bertz CT molecular complexity index is 478. The maximum atomic E-state index is 11.7. The van der Waals surface area contributed by atoms with Gasteiger partial charge in [0.05, 0.1) is 11.3 Å². The molecule has 0 bridgehead atoms. The van der Waals surface area contributed by atoms with Gasteiger partial charge in [-0.1, -0.05) is 0 Å². The molecule has 7 heteroatoms. The SMILES string of the molecule is CC(C)(C)C(=O)OC[C@H]1OC(=O)[C@@H]2[C@H]3OC(=O)O[C@H]3[C@@H]21. The van der Waals surface area contributed by atoms with E-state index >= 15 is 0 Å². The van der Waals surface area contributed by atoms with Gasteiger partial charge in [-0.05, 0) is 20.8 Å². The third-order valence-corrected chi connectivity index (χ3v) is 3.90. The van der Waals surface area contributed by atoms with Gasteiger partial charge >= 0.3 is 18.1 Å². The summed E-state index contributed by atoms with van der Waals surface area (Å²) in [5, 5.41) is 0. The molecule has 2 aliphatic heterocycles. The summed E-state index contributed by atoms with van der Waals surface area (Å²) >= 11 is 0. The van der Waals surface area contributed by atoms with E-state index in [4.69, 9.17) is 18.9 Å². The number of rotatable bonds is 2. The molecule has 0 N–H and O–H groups in total. The smallest absolute Gasteiger partial charge is 0.461 e. The van der Waals surface area contributed by atoms with E-state index in [0.29, 0.717) is 0 Å². The molecule has 7 nitrogen and oxygen atoms in total. The van der Waals surface area contributed by atoms with E-state index in [2.05, 4.69) is 0 Å². The highest BCUT2D eigenvalue weighted by atomic mass is 16.8. The number of carbonyl (C=O) groups excluding carboxylic acids is 3. The zero-order chi connectivity index (χ0) is 14.7. The number of cyclic esters (lactones) is 1. The van der Waals surface area contributed by atoms with Crippen LogP contribution < -0.4 is 0 Å². The van der Waals surface area contributed by atoms with Gasteiger partial charge in [-0.15, -0.1) is 0 Å². The standard InChI is InChI=1S/C13H16O7/c1-13(2,3)11(15)17-4-5-6-7(10(14)18-5)9-8(6)19-12(16)20-9/h5-9H,4H2,1-3H3/t5-,6-,7+,8+,9-/m1/s1. The fourth-order valence-electron chi connectivity index (χ4n) is 2.80. The molecule has 3 fully saturated rings. The van der Waals surface area contributed by atoms with Gasteiger partial charge in [-0.25, -0.2) is 4.79 Å². The Hall–Kier alpha value is -1.79. The Balaban J connectivity index is 1.63. The molecule has 5 atom stereocenters. The average molecular weight is 284 g/mol.